The van der Waals surface area contributed by atoms with Gasteiger partial charge in [-0.15, -0.1) is 0 Å². The van der Waals surface area contributed by atoms with E-state index in [0.717, 1.165) is 24.1 Å². The maximum Gasteiger partial charge on any atom is 0.223 e. The third-order valence-corrected chi connectivity index (χ3v) is 4.48. The van der Waals surface area contributed by atoms with Crippen LogP contribution in [0.15, 0.2) is 18.2 Å². The highest BCUT2D eigenvalue weighted by Gasteiger charge is 2.21. The zero-order chi connectivity index (χ0) is 16.8. The number of ether oxygens (including phenoxy) is 1. The van der Waals surface area contributed by atoms with Crippen molar-refractivity contribution in [1.29, 1.82) is 0 Å². The second-order valence-electron chi connectivity index (χ2n) is 5.78. The third-order valence-electron chi connectivity index (χ3n) is 4.07. The monoisotopic (exact) mass is 338 g/mol. The molecule has 1 saturated heterocycles. The number of carbonyl (C=O) groups excluding carboxylic acids is 2. The van der Waals surface area contributed by atoms with Crippen LogP contribution in [-0.2, 0) is 14.3 Å². The molecular formula is C17H23ClN2O3. The average molecular weight is 339 g/mol. The Bertz CT molecular complexity index is 571. The number of nitrogens with one attached hydrogen (secondary N) is 1. The molecule has 1 aliphatic heterocycles. The second kappa shape index (κ2) is 8.31. The van der Waals surface area contributed by atoms with Crippen LogP contribution in [-0.4, -0.2) is 38.1 Å². The number of hydrogen-bond acceptors (Lipinski definition) is 3. The number of aryl methyl sites for hydroxylation is 1. The van der Waals surface area contributed by atoms with Crippen LogP contribution in [0.4, 0.5) is 5.69 Å². The molecule has 2 amide bonds. The molecule has 1 heterocycles. The summed E-state index contributed by atoms with van der Waals surface area (Å²) in [6.45, 7) is 5.54. The summed E-state index contributed by atoms with van der Waals surface area (Å²) in [5.74, 6) is -0.0210. The quantitative estimate of drug-likeness (QED) is 0.897. The zero-order valence-corrected chi connectivity index (χ0v) is 14.4. The number of carbonyl (C=O) groups is 2. The summed E-state index contributed by atoms with van der Waals surface area (Å²) in [7, 11) is 0. The SMILES string of the molecule is CC(=O)N(CCNC(=O)C1CCOCC1)c1ccc(C)c(Cl)c1. The number of amides is 2. The van der Waals surface area contributed by atoms with Gasteiger partial charge in [0, 0.05) is 49.9 Å². The Balaban J connectivity index is 1.91. The molecule has 23 heavy (non-hydrogen) atoms. The molecule has 0 atom stereocenters. The lowest BCUT2D eigenvalue weighted by Crippen LogP contribution is -2.40. The summed E-state index contributed by atoms with van der Waals surface area (Å²) in [6.07, 6.45) is 1.52. The lowest BCUT2D eigenvalue weighted by Gasteiger charge is -2.24. The molecule has 0 radical (unpaired) electrons. The van der Waals surface area contributed by atoms with E-state index in [9.17, 15) is 9.59 Å². The molecule has 1 fully saturated rings. The van der Waals surface area contributed by atoms with E-state index >= 15 is 0 Å². The van der Waals surface area contributed by atoms with Crippen molar-refractivity contribution in [2.24, 2.45) is 5.92 Å². The molecule has 6 heteroatoms. The zero-order valence-electron chi connectivity index (χ0n) is 13.6. The first-order chi connectivity index (χ1) is 11.0. The first kappa shape index (κ1) is 17.8. The minimum Gasteiger partial charge on any atom is -0.381 e. The Kier molecular flexibility index (Phi) is 6.42. The first-order valence-corrected chi connectivity index (χ1v) is 8.26. The van der Waals surface area contributed by atoms with Crippen molar-refractivity contribution in [3.63, 3.8) is 0 Å². The standard InChI is InChI=1S/C17H23ClN2O3/c1-12-3-4-15(11-16(12)18)20(13(2)21)8-7-19-17(22)14-5-9-23-10-6-14/h3-4,11,14H,5-10H2,1-2H3,(H,19,22). The van der Waals surface area contributed by atoms with Gasteiger partial charge in [-0.2, -0.15) is 0 Å². The summed E-state index contributed by atoms with van der Waals surface area (Å²) in [6, 6.07) is 5.52. The van der Waals surface area contributed by atoms with Crippen LogP contribution >= 0.6 is 11.6 Å². The predicted molar refractivity (Wildman–Crippen MR) is 90.8 cm³/mol. The third kappa shape index (κ3) is 4.94. The maximum atomic E-state index is 12.1. The van der Waals surface area contributed by atoms with E-state index < -0.39 is 0 Å². The summed E-state index contributed by atoms with van der Waals surface area (Å²) in [5, 5.41) is 3.54. The van der Waals surface area contributed by atoms with Gasteiger partial charge in [0.2, 0.25) is 11.8 Å². The lowest BCUT2D eigenvalue weighted by atomic mass is 9.99. The van der Waals surface area contributed by atoms with Crippen molar-refractivity contribution < 1.29 is 14.3 Å². The number of nitrogens with zero attached hydrogens (tertiary/aromatic N) is 1. The van der Waals surface area contributed by atoms with Crippen molar-refractivity contribution in [3.05, 3.63) is 28.8 Å². The summed E-state index contributed by atoms with van der Waals surface area (Å²) in [4.78, 5) is 25.6. The van der Waals surface area contributed by atoms with Crippen molar-refractivity contribution in [2.75, 3.05) is 31.2 Å². The Morgan fingerprint density at radius 1 is 1.35 bits per heavy atom. The van der Waals surface area contributed by atoms with Gasteiger partial charge in [-0.1, -0.05) is 17.7 Å². The van der Waals surface area contributed by atoms with E-state index in [1.54, 1.807) is 11.0 Å². The molecule has 0 spiro atoms. The molecule has 1 aliphatic rings. The highest BCUT2D eigenvalue weighted by molar-refractivity contribution is 6.31. The Hall–Kier alpha value is -1.59. The van der Waals surface area contributed by atoms with Crippen molar-refractivity contribution in [3.8, 4) is 0 Å². The fraction of sp³-hybridized carbons (Fsp3) is 0.529. The average Bonchev–Trinajstić information content (AvgIpc) is 2.54. The largest absolute Gasteiger partial charge is 0.381 e. The normalized spacial score (nSPS) is 15.3. The summed E-state index contributed by atoms with van der Waals surface area (Å²) < 4.78 is 5.26. The van der Waals surface area contributed by atoms with Crippen molar-refractivity contribution >= 4 is 29.1 Å². The molecular weight excluding hydrogens is 316 g/mol. The Labute approximate surface area is 141 Å². The fourth-order valence-electron chi connectivity index (χ4n) is 2.61. The smallest absolute Gasteiger partial charge is 0.223 e. The highest BCUT2D eigenvalue weighted by Crippen LogP contribution is 2.23. The Morgan fingerprint density at radius 3 is 2.65 bits per heavy atom. The number of hydrogen-bond donors (Lipinski definition) is 1. The molecule has 126 valence electrons. The fourth-order valence-corrected chi connectivity index (χ4v) is 2.79. The van der Waals surface area contributed by atoms with Crippen LogP contribution in [0.3, 0.4) is 0 Å². The maximum absolute atomic E-state index is 12.1. The lowest BCUT2D eigenvalue weighted by molar-refractivity contribution is -0.127. The molecule has 1 aromatic rings. The van der Waals surface area contributed by atoms with Gasteiger partial charge in [-0.25, -0.2) is 0 Å². The first-order valence-electron chi connectivity index (χ1n) is 7.88. The number of anilines is 1. The van der Waals surface area contributed by atoms with Gasteiger partial charge >= 0.3 is 0 Å². The summed E-state index contributed by atoms with van der Waals surface area (Å²) in [5.41, 5.74) is 1.71. The second-order valence-corrected chi connectivity index (χ2v) is 6.19. The minimum atomic E-state index is -0.0785. The van der Waals surface area contributed by atoms with Gasteiger partial charge in [0.05, 0.1) is 0 Å². The molecule has 0 aliphatic carbocycles. The number of halogens is 1. The minimum absolute atomic E-state index is 0.0170. The van der Waals surface area contributed by atoms with Crippen LogP contribution in [0.1, 0.15) is 25.3 Å². The van der Waals surface area contributed by atoms with Crippen LogP contribution in [0.25, 0.3) is 0 Å². The van der Waals surface area contributed by atoms with Crippen LogP contribution in [0.2, 0.25) is 5.02 Å². The van der Waals surface area contributed by atoms with Crippen molar-refractivity contribution in [1.82, 2.24) is 5.32 Å². The van der Waals surface area contributed by atoms with Crippen molar-refractivity contribution in [2.45, 2.75) is 26.7 Å². The van der Waals surface area contributed by atoms with E-state index in [2.05, 4.69) is 5.32 Å². The van der Waals surface area contributed by atoms with E-state index in [1.165, 1.54) is 6.92 Å². The van der Waals surface area contributed by atoms with Gasteiger partial charge in [-0.3, -0.25) is 9.59 Å². The van der Waals surface area contributed by atoms with Gasteiger partial charge in [0.25, 0.3) is 0 Å². The van der Waals surface area contributed by atoms with E-state index in [4.69, 9.17) is 16.3 Å². The summed E-state index contributed by atoms with van der Waals surface area (Å²) >= 11 is 6.13. The topological polar surface area (TPSA) is 58.6 Å². The van der Waals surface area contributed by atoms with E-state index in [1.807, 2.05) is 19.1 Å². The van der Waals surface area contributed by atoms with E-state index in [0.29, 0.717) is 31.3 Å². The molecule has 2 rings (SSSR count). The molecule has 1 aromatic carbocycles. The molecule has 0 saturated carbocycles. The van der Waals surface area contributed by atoms with Crippen LogP contribution in [0, 0.1) is 12.8 Å². The molecule has 5 nitrogen and oxygen atoms in total. The van der Waals surface area contributed by atoms with Gasteiger partial charge in [-0.05, 0) is 37.5 Å². The van der Waals surface area contributed by atoms with E-state index in [-0.39, 0.29) is 17.7 Å². The van der Waals surface area contributed by atoms with Gasteiger partial charge in [0.15, 0.2) is 0 Å². The molecule has 0 unspecified atom stereocenters. The molecule has 0 bridgehead atoms. The Morgan fingerprint density at radius 2 is 2.04 bits per heavy atom. The number of rotatable bonds is 5. The van der Waals surface area contributed by atoms with Gasteiger partial charge in [0.1, 0.15) is 0 Å². The molecule has 0 aromatic heterocycles. The van der Waals surface area contributed by atoms with Crippen LogP contribution < -0.4 is 10.2 Å². The van der Waals surface area contributed by atoms with Gasteiger partial charge < -0.3 is 15.0 Å². The van der Waals surface area contributed by atoms with Crippen LogP contribution in [0.5, 0.6) is 0 Å². The number of benzene rings is 1. The highest BCUT2D eigenvalue weighted by atomic mass is 35.5. The predicted octanol–water partition coefficient (Wildman–Crippen LogP) is 2.54. The molecule has 1 N–H and O–H groups in total.